The molecule has 0 aliphatic rings. The van der Waals surface area contributed by atoms with Crippen LogP contribution in [-0.4, -0.2) is 33.1 Å². The number of aliphatic carboxylic acids is 1. The number of carboxylic acids is 1. The molecular weight excluding hydrogens is 324 g/mol. The first-order valence-electron chi connectivity index (χ1n) is 7.37. The van der Waals surface area contributed by atoms with Gasteiger partial charge >= 0.3 is 5.97 Å². The molecule has 3 aromatic rings. The van der Waals surface area contributed by atoms with E-state index in [0.29, 0.717) is 17.0 Å². The fourth-order valence-electron chi connectivity index (χ4n) is 2.67. The third kappa shape index (κ3) is 3.05. The number of rotatable bonds is 5. The fourth-order valence-corrected chi connectivity index (χ4v) is 3.11. The van der Waals surface area contributed by atoms with Gasteiger partial charge in [0.1, 0.15) is 5.69 Å². The summed E-state index contributed by atoms with van der Waals surface area (Å²) in [5.74, 6) is -1.27. The molecule has 0 radical (unpaired) electrons. The Morgan fingerprint density at radius 1 is 1.25 bits per heavy atom. The van der Waals surface area contributed by atoms with Crippen LogP contribution in [0.5, 0.6) is 0 Å². The van der Waals surface area contributed by atoms with Gasteiger partial charge < -0.3 is 10.1 Å². The van der Waals surface area contributed by atoms with E-state index in [4.69, 9.17) is 0 Å². The van der Waals surface area contributed by atoms with E-state index >= 15 is 0 Å². The molecule has 0 amide bonds. The number of benzene rings is 1. The van der Waals surface area contributed by atoms with Crippen molar-refractivity contribution >= 4 is 34.4 Å². The van der Waals surface area contributed by atoms with Gasteiger partial charge in [-0.05, 0) is 49.1 Å². The Bertz CT molecular complexity index is 947. The van der Waals surface area contributed by atoms with Gasteiger partial charge in [0, 0.05) is 27.6 Å². The number of nitrogens with one attached hydrogen (secondary N) is 1. The number of carbonyl (C=O) groups excluding carboxylic acids is 1. The van der Waals surface area contributed by atoms with Gasteiger partial charge in [0.25, 0.3) is 0 Å². The number of thioether (sulfide) groups is 1. The van der Waals surface area contributed by atoms with Crippen molar-refractivity contribution in [1.82, 2.24) is 9.97 Å². The molecular formula is C18H16N2O3S. The predicted octanol–water partition coefficient (Wildman–Crippen LogP) is 3.45. The summed E-state index contributed by atoms with van der Waals surface area (Å²) in [7, 11) is 0. The highest BCUT2D eigenvalue weighted by atomic mass is 32.2. The van der Waals surface area contributed by atoms with Gasteiger partial charge in [0.05, 0.1) is 12.1 Å². The maximum absolute atomic E-state index is 12.8. The van der Waals surface area contributed by atoms with Gasteiger partial charge in [0.2, 0.25) is 5.78 Å². The Kier molecular flexibility index (Phi) is 4.40. The van der Waals surface area contributed by atoms with Crippen LogP contribution in [-0.2, 0) is 11.2 Å². The first-order chi connectivity index (χ1) is 11.5. The highest BCUT2D eigenvalue weighted by molar-refractivity contribution is 7.98. The topological polar surface area (TPSA) is 83.0 Å². The average molecular weight is 340 g/mol. The van der Waals surface area contributed by atoms with E-state index in [1.807, 2.05) is 37.4 Å². The largest absolute Gasteiger partial charge is 0.481 e. The molecule has 0 aliphatic carbocycles. The molecule has 0 aliphatic heterocycles. The number of ketones is 1. The monoisotopic (exact) mass is 340 g/mol. The lowest BCUT2D eigenvalue weighted by molar-refractivity contribution is -0.136. The van der Waals surface area contributed by atoms with Gasteiger partial charge in [-0.1, -0.05) is 0 Å². The van der Waals surface area contributed by atoms with Crippen LogP contribution in [0.4, 0.5) is 0 Å². The summed E-state index contributed by atoms with van der Waals surface area (Å²) in [5.41, 5.74) is 2.78. The second-order valence-corrected chi connectivity index (χ2v) is 6.39. The molecule has 5 nitrogen and oxygen atoms in total. The number of fused-ring (bicyclic) bond motifs is 1. The quantitative estimate of drug-likeness (QED) is 0.549. The number of carbonyl (C=O) groups is 2. The molecule has 24 heavy (non-hydrogen) atoms. The lowest BCUT2D eigenvalue weighted by Crippen LogP contribution is -2.10. The summed E-state index contributed by atoms with van der Waals surface area (Å²) in [5, 5.41) is 10.0. The molecule has 0 atom stereocenters. The van der Waals surface area contributed by atoms with Crippen LogP contribution in [0.15, 0.2) is 41.4 Å². The number of pyridine rings is 1. The van der Waals surface area contributed by atoms with Crippen LogP contribution < -0.4 is 0 Å². The lowest BCUT2D eigenvalue weighted by atomic mass is 10.0. The van der Waals surface area contributed by atoms with Crippen molar-refractivity contribution in [3.05, 3.63) is 59.0 Å². The first kappa shape index (κ1) is 16.3. The molecule has 6 heteroatoms. The zero-order valence-corrected chi connectivity index (χ0v) is 14.1. The Balaban J connectivity index is 2.19. The predicted molar refractivity (Wildman–Crippen MR) is 93.8 cm³/mol. The van der Waals surface area contributed by atoms with E-state index in [1.54, 1.807) is 24.0 Å². The van der Waals surface area contributed by atoms with Crippen molar-refractivity contribution < 1.29 is 14.7 Å². The highest BCUT2D eigenvalue weighted by Gasteiger charge is 2.22. The molecule has 2 N–H and O–H groups in total. The Morgan fingerprint density at radius 3 is 2.71 bits per heavy atom. The third-order valence-corrected chi connectivity index (χ3v) is 4.54. The Labute approximate surface area is 143 Å². The van der Waals surface area contributed by atoms with Crippen LogP contribution in [0, 0.1) is 6.92 Å². The van der Waals surface area contributed by atoms with E-state index in [0.717, 1.165) is 21.4 Å². The zero-order valence-electron chi connectivity index (χ0n) is 13.3. The lowest BCUT2D eigenvalue weighted by Gasteiger charge is -2.03. The second kappa shape index (κ2) is 6.49. The molecule has 0 unspecified atom stereocenters. The summed E-state index contributed by atoms with van der Waals surface area (Å²) < 4.78 is 0. The number of aromatic amines is 1. The zero-order chi connectivity index (χ0) is 17.3. The van der Waals surface area contributed by atoms with Gasteiger partial charge in [-0.2, -0.15) is 0 Å². The Morgan fingerprint density at radius 2 is 2.04 bits per heavy atom. The molecule has 3 rings (SSSR count). The van der Waals surface area contributed by atoms with Gasteiger partial charge in [-0.25, -0.2) is 0 Å². The van der Waals surface area contributed by atoms with Crippen LogP contribution in [0.3, 0.4) is 0 Å². The standard InChI is InChI=1S/C18H16N2O3S/c1-10-5-6-19-15(7-10)18(23)17-13(9-16(21)22)12-8-11(24-2)3-4-14(12)20-17/h3-8,20H,9H2,1-2H3,(H,21,22). The molecule has 1 aromatic carbocycles. The van der Waals surface area contributed by atoms with Crippen molar-refractivity contribution in [2.45, 2.75) is 18.2 Å². The second-order valence-electron chi connectivity index (χ2n) is 5.51. The molecule has 0 saturated carbocycles. The molecule has 2 heterocycles. The van der Waals surface area contributed by atoms with Crippen molar-refractivity contribution in [2.75, 3.05) is 6.26 Å². The normalized spacial score (nSPS) is 10.9. The summed E-state index contributed by atoms with van der Waals surface area (Å²) >= 11 is 1.57. The number of H-pyrrole nitrogens is 1. The molecule has 2 aromatic heterocycles. The minimum absolute atomic E-state index is 0.218. The van der Waals surface area contributed by atoms with E-state index in [9.17, 15) is 14.7 Å². The number of aryl methyl sites for hydroxylation is 1. The smallest absolute Gasteiger partial charge is 0.307 e. The Hall–Kier alpha value is -2.60. The van der Waals surface area contributed by atoms with Crippen LogP contribution in [0.1, 0.15) is 27.3 Å². The van der Waals surface area contributed by atoms with E-state index < -0.39 is 5.97 Å². The molecule has 122 valence electrons. The van der Waals surface area contributed by atoms with Crippen molar-refractivity contribution in [2.24, 2.45) is 0 Å². The van der Waals surface area contributed by atoms with Crippen LogP contribution in [0.2, 0.25) is 0 Å². The molecule has 0 fully saturated rings. The molecule has 0 saturated heterocycles. The number of carboxylic acid groups (broad SMARTS) is 1. The maximum atomic E-state index is 12.8. The fraction of sp³-hybridized carbons (Fsp3) is 0.167. The number of hydrogen-bond acceptors (Lipinski definition) is 4. The summed E-state index contributed by atoms with van der Waals surface area (Å²) in [6.07, 6.45) is 3.31. The third-order valence-electron chi connectivity index (χ3n) is 3.82. The number of nitrogens with zero attached hydrogens (tertiary/aromatic N) is 1. The van der Waals surface area contributed by atoms with Crippen molar-refractivity contribution in [3.8, 4) is 0 Å². The van der Waals surface area contributed by atoms with Crippen molar-refractivity contribution in [1.29, 1.82) is 0 Å². The maximum Gasteiger partial charge on any atom is 0.307 e. The number of hydrogen-bond donors (Lipinski definition) is 2. The van der Waals surface area contributed by atoms with Gasteiger partial charge in [-0.15, -0.1) is 11.8 Å². The van der Waals surface area contributed by atoms with Crippen LogP contribution >= 0.6 is 11.8 Å². The van der Waals surface area contributed by atoms with Crippen molar-refractivity contribution in [3.63, 3.8) is 0 Å². The number of aromatic nitrogens is 2. The minimum Gasteiger partial charge on any atom is -0.481 e. The van der Waals surface area contributed by atoms with E-state index in [1.165, 1.54) is 0 Å². The van der Waals surface area contributed by atoms with E-state index in [2.05, 4.69) is 9.97 Å². The SMILES string of the molecule is CSc1ccc2[nH]c(C(=O)c3cc(C)ccn3)c(CC(=O)O)c2c1. The van der Waals surface area contributed by atoms with Crippen LogP contribution in [0.25, 0.3) is 10.9 Å². The molecule has 0 spiro atoms. The summed E-state index contributed by atoms with van der Waals surface area (Å²) in [6.45, 7) is 1.88. The summed E-state index contributed by atoms with van der Waals surface area (Å²) in [4.78, 5) is 32.3. The average Bonchev–Trinajstić information content (AvgIpc) is 2.91. The van der Waals surface area contributed by atoms with Gasteiger partial charge in [-0.3, -0.25) is 14.6 Å². The summed E-state index contributed by atoms with van der Waals surface area (Å²) in [6, 6.07) is 9.23. The molecule has 0 bridgehead atoms. The highest BCUT2D eigenvalue weighted by Crippen LogP contribution is 2.28. The van der Waals surface area contributed by atoms with E-state index in [-0.39, 0.29) is 12.2 Å². The first-order valence-corrected chi connectivity index (χ1v) is 8.60. The van der Waals surface area contributed by atoms with Gasteiger partial charge in [0.15, 0.2) is 0 Å². The minimum atomic E-state index is -0.975.